The molecule has 0 bridgehead atoms. The van der Waals surface area contributed by atoms with Gasteiger partial charge in [0.05, 0.1) is 0 Å². The van der Waals surface area contributed by atoms with E-state index in [0.717, 1.165) is 22.8 Å². The fourth-order valence-corrected chi connectivity index (χ4v) is 2.38. The van der Waals surface area contributed by atoms with Crippen LogP contribution in [0.15, 0.2) is 39.4 Å². The summed E-state index contributed by atoms with van der Waals surface area (Å²) in [6, 6.07) is 9.20. The summed E-state index contributed by atoms with van der Waals surface area (Å²) in [6.45, 7) is 1.14. The van der Waals surface area contributed by atoms with Crippen LogP contribution in [0.1, 0.15) is 17.4 Å². The maximum absolute atomic E-state index is 5.62. The largest absolute Gasteiger partial charge is 0.486 e. The average molecular weight is 325 g/mol. The van der Waals surface area contributed by atoms with E-state index in [1.165, 1.54) is 0 Å². The lowest BCUT2D eigenvalue weighted by Gasteiger charge is -2.21. The number of benzene rings is 1. The van der Waals surface area contributed by atoms with E-state index in [1.807, 2.05) is 30.3 Å². The summed E-state index contributed by atoms with van der Waals surface area (Å²) >= 11 is 3.28. The summed E-state index contributed by atoms with van der Waals surface area (Å²) in [5.74, 6) is 7.84. The summed E-state index contributed by atoms with van der Waals surface area (Å²) in [5, 5.41) is 0. The molecule has 6 heteroatoms. The van der Waals surface area contributed by atoms with Crippen LogP contribution in [0.5, 0.6) is 11.5 Å². The Morgan fingerprint density at radius 1 is 1.11 bits per heavy atom. The van der Waals surface area contributed by atoms with Crippen molar-refractivity contribution in [3.8, 4) is 11.5 Å². The van der Waals surface area contributed by atoms with E-state index in [4.69, 9.17) is 19.7 Å². The van der Waals surface area contributed by atoms with E-state index in [2.05, 4.69) is 21.4 Å². The number of hydrazine groups is 1. The first-order chi connectivity index (χ1) is 9.28. The highest BCUT2D eigenvalue weighted by molar-refractivity contribution is 9.10. The van der Waals surface area contributed by atoms with E-state index in [9.17, 15) is 0 Å². The van der Waals surface area contributed by atoms with Crippen LogP contribution < -0.4 is 20.7 Å². The van der Waals surface area contributed by atoms with E-state index in [-0.39, 0.29) is 6.04 Å². The van der Waals surface area contributed by atoms with Crippen molar-refractivity contribution in [2.75, 3.05) is 13.2 Å². The number of fused-ring (bicyclic) bond motifs is 1. The molecule has 0 saturated carbocycles. The van der Waals surface area contributed by atoms with E-state index >= 15 is 0 Å². The Labute approximate surface area is 118 Å². The number of nitrogens with one attached hydrogen (secondary N) is 1. The molecule has 2 heterocycles. The van der Waals surface area contributed by atoms with Crippen molar-refractivity contribution in [2.24, 2.45) is 5.84 Å². The number of ether oxygens (including phenoxy) is 2. The predicted octanol–water partition coefficient (Wildman–Crippen LogP) is 2.37. The van der Waals surface area contributed by atoms with Gasteiger partial charge in [0.2, 0.25) is 0 Å². The third kappa shape index (κ3) is 2.47. The van der Waals surface area contributed by atoms with Crippen molar-refractivity contribution in [2.45, 2.75) is 6.04 Å². The Morgan fingerprint density at radius 2 is 1.89 bits per heavy atom. The van der Waals surface area contributed by atoms with E-state index in [0.29, 0.717) is 17.9 Å². The number of nitrogens with two attached hydrogens (primary N) is 1. The monoisotopic (exact) mass is 324 g/mol. The molecule has 19 heavy (non-hydrogen) atoms. The van der Waals surface area contributed by atoms with Crippen molar-refractivity contribution in [1.29, 1.82) is 0 Å². The molecule has 1 aromatic carbocycles. The van der Waals surface area contributed by atoms with Gasteiger partial charge in [-0.05, 0) is 45.8 Å². The first kappa shape index (κ1) is 12.5. The molecule has 0 spiro atoms. The van der Waals surface area contributed by atoms with Crippen LogP contribution in [0, 0.1) is 0 Å². The van der Waals surface area contributed by atoms with Crippen molar-refractivity contribution in [3.63, 3.8) is 0 Å². The number of hydrogen-bond acceptors (Lipinski definition) is 5. The number of furan rings is 1. The summed E-state index contributed by atoms with van der Waals surface area (Å²) < 4.78 is 17.3. The molecule has 0 fully saturated rings. The lowest BCUT2D eigenvalue weighted by Crippen LogP contribution is -2.28. The standard InChI is InChI=1S/C13H13BrN2O3/c14-12-4-3-10(19-12)13(16-15)8-1-2-9-11(7-8)18-6-5-17-9/h1-4,7,13,16H,5-6,15H2. The highest BCUT2D eigenvalue weighted by Gasteiger charge is 2.19. The minimum Gasteiger partial charge on any atom is -0.486 e. The minimum absolute atomic E-state index is 0.234. The molecular weight excluding hydrogens is 312 g/mol. The number of halogens is 1. The summed E-state index contributed by atoms with van der Waals surface area (Å²) in [5.41, 5.74) is 3.70. The van der Waals surface area contributed by atoms with E-state index in [1.54, 1.807) is 0 Å². The quantitative estimate of drug-likeness (QED) is 0.670. The van der Waals surface area contributed by atoms with Crippen LogP contribution in [-0.2, 0) is 0 Å². The van der Waals surface area contributed by atoms with Crippen molar-refractivity contribution >= 4 is 15.9 Å². The number of hydrogen-bond donors (Lipinski definition) is 2. The van der Waals surface area contributed by atoms with Crippen LogP contribution in [-0.4, -0.2) is 13.2 Å². The first-order valence-electron chi connectivity index (χ1n) is 5.89. The van der Waals surface area contributed by atoms with Gasteiger partial charge in [-0.15, -0.1) is 0 Å². The Bertz CT molecular complexity index is 585. The second-order valence-electron chi connectivity index (χ2n) is 4.14. The summed E-state index contributed by atoms with van der Waals surface area (Å²) in [7, 11) is 0. The van der Waals surface area contributed by atoms with E-state index < -0.39 is 0 Å². The second kappa shape index (κ2) is 5.24. The van der Waals surface area contributed by atoms with Crippen LogP contribution in [0.3, 0.4) is 0 Å². The lowest BCUT2D eigenvalue weighted by molar-refractivity contribution is 0.171. The van der Waals surface area contributed by atoms with Crippen molar-refractivity contribution in [3.05, 3.63) is 46.3 Å². The third-order valence-corrected chi connectivity index (χ3v) is 3.37. The normalized spacial score (nSPS) is 15.3. The fourth-order valence-electron chi connectivity index (χ4n) is 2.07. The lowest BCUT2D eigenvalue weighted by atomic mass is 10.0. The van der Waals surface area contributed by atoms with Gasteiger partial charge in [0.25, 0.3) is 0 Å². The Balaban J connectivity index is 1.95. The second-order valence-corrected chi connectivity index (χ2v) is 4.93. The zero-order valence-corrected chi connectivity index (χ0v) is 11.6. The molecule has 0 amide bonds. The van der Waals surface area contributed by atoms with Crippen molar-refractivity contribution < 1.29 is 13.9 Å². The molecule has 3 rings (SSSR count). The van der Waals surface area contributed by atoms with Crippen LogP contribution >= 0.6 is 15.9 Å². The maximum Gasteiger partial charge on any atom is 0.169 e. The summed E-state index contributed by atoms with van der Waals surface area (Å²) in [6.07, 6.45) is 0. The molecule has 1 unspecified atom stereocenters. The maximum atomic E-state index is 5.62. The molecule has 1 aliphatic rings. The topological polar surface area (TPSA) is 69.7 Å². The van der Waals surface area contributed by atoms with Gasteiger partial charge in [0.15, 0.2) is 16.2 Å². The van der Waals surface area contributed by atoms with Gasteiger partial charge in [0, 0.05) is 0 Å². The van der Waals surface area contributed by atoms with Gasteiger partial charge in [-0.3, -0.25) is 5.84 Å². The Morgan fingerprint density at radius 3 is 2.58 bits per heavy atom. The van der Waals surface area contributed by atoms with Crippen molar-refractivity contribution in [1.82, 2.24) is 5.43 Å². The molecule has 3 N–H and O–H groups in total. The molecule has 0 saturated heterocycles. The van der Waals surface area contributed by atoms with Crippen LogP contribution in [0.2, 0.25) is 0 Å². The Kier molecular flexibility index (Phi) is 3.46. The van der Waals surface area contributed by atoms with Gasteiger partial charge in [0.1, 0.15) is 25.0 Å². The molecular formula is C13H13BrN2O3. The van der Waals surface area contributed by atoms with Gasteiger partial charge < -0.3 is 13.9 Å². The van der Waals surface area contributed by atoms with Gasteiger partial charge in [-0.1, -0.05) is 6.07 Å². The molecule has 0 radical (unpaired) electrons. The zero-order valence-electron chi connectivity index (χ0n) is 10.1. The highest BCUT2D eigenvalue weighted by Crippen LogP contribution is 2.34. The molecule has 0 aliphatic carbocycles. The average Bonchev–Trinajstić information content (AvgIpc) is 2.86. The van der Waals surface area contributed by atoms with Gasteiger partial charge >= 0.3 is 0 Å². The smallest absolute Gasteiger partial charge is 0.169 e. The predicted molar refractivity (Wildman–Crippen MR) is 73.0 cm³/mol. The molecule has 5 nitrogen and oxygen atoms in total. The molecule has 1 aliphatic heterocycles. The van der Waals surface area contributed by atoms with Gasteiger partial charge in [-0.25, -0.2) is 5.43 Å². The summed E-state index contributed by atoms with van der Waals surface area (Å²) in [4.78, 5) is 0. The molecule has 1 aromatic heterocycles. The van der Waals surface area contributed by atoms with Gasteiger partial charge in [-0.2, -0.15) is 0 Å². The van der Waals surface area contributed by atoms with Crippen LogP contribution in [0.4, 0.5) is 0 Å². The number of rotatable bonds is 3. The molecule has 100 valence electrons. The fraction of sp³-hybridized carbons (Fsp3) is 0.231. The zero-order chi connectivity index (χ0) is 13.2. The molecule has 2 aromatic rings. The first-order valence-corrected chi connectivity index (χ1v) is 6.68. The minimum atomic E-state index is -0.234. The molecule has 1 atom stereocenters. The Hall–Kier alpha value is -1.50. The highest BCUT2D eigenvalue weighted by atomic mass is 79.9. The van der Waals surface area contributed by atoms with Crippen LogP contribution in [0.25, 0.3) is 0 Å². The SMILES string of the molecule is NNC(c1ccc2c(c1)OCCO2)c1ccc(Br)o1. The third-order valence-electron chi connectivity index (χ3n) is 2.94.